The second kappa shape index (κ2) is 6.74. The lowest BCUT2D eigenvalue weighted by Gasteiger charge is -2.02. The number of methoxy groups -OCH3 is 1. The Bertz CT molecular complexity index is 248. The summed E-state index contributed by atoms with van der Waals surface area (Å²) in [5, 5.41) is 0. The van der Waals surface area contributed by atoms with Crippen molar-refractivity contribution in [2.45, 2.75) is 6.42 Å². The third-order valence-corrected chi connectivity index (χ3v) is 2.89. The molecule has 0 saturated heterocycles. The molecule has 2 nitrogen and oxygen atoms in total. The molecule has 1 aromatic rings. The molecule has 0 spiro atoms. The molecule has 1 aromatic carbocycles. The van der Waals surface area contributed by atoms with E-state index in [0.29, 0.717) is 0 Å². The van der Waals surface area contributed by atoms with Gasteiger partial charge in [-0.3, -0.25) is 0 Å². The highest BCUT2D eigenvalue weighted by Crippen LogP contribution is 2.09. The number of hydrogen-bond acceptors (Lipinski definition) is 3. The van der Waals surface area contributed by atoms with Gasteiger partial charge in [0.25, 0.3) is 0 Å². The number of ether oxygens (including phenoxy) is 1. The lowest BCUT2D eigenvalue weighted by Crippen LogP contribution is -1.95. The number of benzene rings is 1. The average molecular weight is 211 g/mol. The fraction of sp³-hybridized carbons (Fsp3) is 0.455. The fourth-order valence-electron chi connectivity index (χ4n) is 1.12. The van der Waals surface area contributed by atoms with E-state index in [4.69, 9.17) is 10.5 Å². The van der Waals surface area contributed by atoms with Crippen molar-refractivity contribution in [1.82, 2.24) is 0 Å². The topological polar surface area (TPSA) is 35.2 Å². The predicted molar refractivity (Wildman–Crippen MR) is 63.8 cm³/mol. The molecule has 3 heteroatoms. The fourth-order valence-corrected chi connectivity index (χ4v) is 1.99. The Morgan fingerprint density at radius 3 is 2.57 bits per heavy atom. The Morgan fingerprint density at radius 2 is 1.93 bits per heavy atom. The van der Waals surface area contributed by atoms with Gasteiger partial charge in [0.1, 0.15) is 0 Å². The van der Waals surface area contributed by atoms with Crippen LogP contribution >= 0.6 is 11.8 Å². The van der Waals surface area contributed by atoms with Crippen molar-refractivity contribution in [3.63, 3.8) is 0 Å². The van der Waals surface area contributed by atoms with E-state index in [1.54, 1.807) is 7.11 Å². The van der Waals surface area contributed by atoms with Crippen LogP contribution in [0.3, 0.4) is 0 Å². The number of rotatable bonds is 6. The van der Waals surface area contributed by atoms with Crippen LogP contribution in [0, 0.1) is 0 Å². The van der Waals surface area contributed by atoms with E-state index in [2.05, 4.69) is 12.1 Å². The minimum absolute atomic E-state index is 0.834. The van der Waals surface area contributed by atoms with E-state index in [-0.39, 0.29) is 0 Å². The van der Waals surface area contributed by atoms with E-state index < -0.39 is 0 Å². The van der Waals surface area contributed by atoms with Crippen molar-refractivity contribution in [2.24, 2.45) is 0 Å². The molecular weight excluding hydrogens is 194 g/mol. The van der Waals surface area contributed by atoms with Crippen LogP contribution < -0.4 is 5.73 Å². The van der Waals surface area contributed by atoms with Crippen LogP contribution in [0.15, 0.2) is 24.3 Å². The average Bonchev–Trinajstić information content (AvgIpc) is 2.21. The van der Waals surface area contributed by atoms with Crippen LogP contribution in [0.1, 0.15) is 5.56 Å². The summed E-state index contributed by atoms with van der Waals surface area (Å²) in [7, 11) is 1.74. The molecule has 0 aromatic heterocycles. The van der Waals surface area contributed by atoms with Crippen LogP contribution in [0.5, 0.6) is 0 Å². The number of thioether (sulfide) groups is 1. The van der Waals surface area contributed by atoms with Crippen molar-refractivity contribution in [2.75, 3.05) is 31.0 Å². The van der Waals surface area contributed by atoms with Gasteiger partial charge in [0, 0.05) is 18.6 Å². The number of hydrogen-bond donors (Lipinski definition) is 1. The summed E-state index contributed by atoms with van der Waals surface area (Å²) < 4.78 is 4.97. The van der Waals surface area contributed by atoms with Gasteiger partial charge in [0.05, 0.1) is 6.61 Å². The summed E-state index contributed by atoms with van der Waals surface area (Å²) in [4.78, 5) is 0. The van der Waals surface area contributed by atoms with E-state index in [9.17, 15) is 0 Å². The molecule has 0 unspecified atom stereocenters. The number of anilines is 1. The molecule has 0 radical (unpaired) electrons. The second-order valence-electron chi connectivity index (χ2n) is 3.10. The van der Waals surface area contributed by atoms with Gasteiger partial charge in [-0.05, 0) is 29.9 Å². The first-order chi connectivity index (χ1) is 6.83. The van der Waals surface area contributed by atoms with E-state index in [1.807, 2.05) is 23.9 Å². The van der Waals surface area contributed by atoms with Gasteiger partial charge < -0.3 is 10.5 Å². The monoisotopic (exact) mass is 211 g/mol. The van der Waals surface area contributed by atoms with E-state index >= 15 is 0 Å². The number of nitrogen functional groups attached to an aromatic ring is 1. The summed E-state index contributed by atoms with van der Waals surface area (Å²) in [6, 6.07) is 8.09. The van der Waals surface area contributed by atoms with Crippen LogP contribution in [0.25, 0.3) is 0 Å². The van der Waals surface area contributed by atoms with Crippen LogP contribution in [0.2, 0.25) is 0 Å². The van der Waals surface area contributed by atoms with Gasteiger partial charge in [0.2, 0.25) is 0 Å². The Balaban J connectivity index is 2.15. The number of aryl methyl sites for hydroxylation is 1. The Labute approximate surface area is 89.8 Å². The van der Waals surface area contributed by atoms with Crippen molar-refractivity contribution >= 4 is 17.4 Å². The second-order valence-corrected chi connectivity index (χ2v) is 4.32. The smallest absolute Gasteiger partial charge is 0.0552 e. The first kappa shape index (κ1) is 11.4. The zero-order valence-corrected chi connectivity index (χ0v) is 9.35. The van der Waals surface area contributed by atoms with Crippen molar-refractivity contribution in [3.05, 3.63) is 29.8 Å². The van der Waals surface area contributed by atoms with Crippen molar-refractivity contribution < 1.29 is 4.74 Å². The lowest BCUT2D eigenvalue weighted by atomic mass is 10.2. The number of nitrogens with two attached hydrogens (primary N) is 1. The first-order valence-electron chi connectivity index (χ1n) is 4.74. The molecule has 2 N–H and O–H groups in total. The molecule has 0 aliphatic rings. The molecule has 0 saturated carbocycles. The Hall–Kier alpha value is -0.670. The lowest BCUT2D eigenvalue weighted by molar-refractivity contribution is 0.218. The van der Waals surface area contributed by atoms with Crippen molar-refractivity contribution in [1.29, 1.82) is 0 Å². The van der Waals surface area contributed by atoms with Crippen LogP contribution in [0.4, 0.5) is 5.69 Å². The molecule has 0 heterocycles. The molecule has 14 heavy (non-hydrogen) atoms. The maximum absolute atomic E-state index is 5.60. The maximum Gasteiger partial charge on any atom is 0.0552 e. The molecule has 0 atom stereocenters. The Morgan fingerprint density at radius 1 is 1.21 bits per heavy atom. The summed E-state index contributed by atoms with van der Waals surface area (Å²) in [6.45, 7) is 0.840. The summed E-state index contributed by atoms with van der Waals surface area (Å²) in [5.74, 6) is 2.22. The van der Waals surface area contributed by atoms with E-state index in [1.165, 1.54) is 5.56 Å². The summed E-state index contributed by atoms with van der Waals surface area (Å²) in [6.07, 6.45) is 1.11. The first-order valence-corrected chi connectivity index (χ1v) is 5.89. The molecule has 0 amide bonds. The quantitative estimate of drug-likeness (QED) is 0.578. The van der Waals surface area contributed by atoms with Gasteiger partial charge >= 0.3 is 0 Å². The molecule has 0 aliphatic carbocycles. The molecule has 0 fully saturated rings. The van der Waals surface area contributed by atoms with Crippen LogP contribution in [-0.2, 0) is 11.2 Å². The van der Waals surface area contributed by atoms with Gasteiger partial charge in [-0.15, -0.1) is 0 Å². The molecular formula is C11H17NOS. The third kappa shape index (κ3) is 4.53. The molecule has 0 bridgehead atoms. The molecule has 1 rings (SSSR count). The van der Waals surface area contributed by atoms with Gasteiger partial charge in [-0.1, -0.05) is 12.1 Å². The van der Waals surface area contributed by atoms with Gasteiger partial charge in [-0.25, -0.2) is 0 Å². The summed E-state index contributed by atoms with van der Waals surface area (Å²) in [5.41, 5.74) is 7.78. The highest BCUT2D eigenvalue weighted by Gasteiger charge is 1.93. The standard InChI is InChI=1S/C11H17NOS/c1-13-7-9-14-8-6-10-2-4-11(12)5-3-10/h2-5H,6-9,12H2,1H3. The minimum atomic E-state index is 0.834. The zero-order chi connectivity index (χ0) is 10.2. The van der Waals surface area contributed by atoms with Crippen LogP contribution in [-0.4, -0.2) is 25.2 Å². The van der Waals surface area contributed by atoms with Crippen molar-refractivity contribution in [3.8, 4) is 0 Å². The highest BCUT2D eigenvalue weighted by atomic mass is 32.2. The predicted octanol–water partition coefficient (Wildman–Crippen LogP) is 2.19. The minimum Gasteiger partial charge on any atom is -0.399 e. The zero-order valence-electron chi connectivity index (χ0n) is 8.53. The molecule has 0 aliphatic heterocycles. The van der Waals surface area contributed by atoms with E-state index in [0.717, 1.165) is 30.2 Å². The Kier molecular flexibility index (Phi) is 5.49. The maximum atomic E-state index is 5.60. The highest BCUT2D eigenvalue weighted by molar-refractivity contribution is 7.99. The normalized spacial score (nSPS) is 10.4. The van der Waals surface area contributed by atoms with Gasteiger partial charge in [-0.2, -0.15) is 11.8 Å². The summed E-state index contributed by atoms with van der Waals surface area (Å²) >= 11 is 1.92. The molecule has 78 valence electrons. The SMILES string of the molecule is COCCSCCc1ccc(N)cc1. The largest absolute Gasteiger partial charge is 0.399 e. The third-order valence-electron chi connectivity index (χ3n) is 1.95. The van der Waals surface area contributed by atoms with Gasteiger partial charge in [0.15, 0.2) is 0 Å².